The molecule has 2 heterocycles. The highest BCUT2D eigenvalue weighted by atomic mass is 32.1. The fraction of sp³-hybridized carbons (Fsp3) is 0. The first-order valence-electron chi connectivity index (χ1n) is 4.33. The molecule has 0 fully saturated rings. The summed E-state index contributed by atoms with van der Waals surface area (Å²) < 4.78 is 1.09. The van der Waals surface area contributed by atoms with Gasteiger partial charge in [-0.25, -0.2) is 19.9 Å². The first-order valence-corrected chi connectivity index (χ1v) is 5.15. The maximum absolute atomic E-state index is 4.19. The Morgan fingerprint density at radius 3 is 2.87 bits per heavy atom. The first-order chi connectivity index (χ1) is 7.45. The van der Waals surface area contributed by atoms with Crippen LogP contribution in [0.5, 0.6) is 0 Å². The molecule has 0 N–H and O–H groups in total. The van der Waals surface area contributed by atoms with E-state index in [1.807, 2.05) is 18.2 Å². The van der Waals surface area contributed by atoms with Gasteiger partial charge in [0.15, 0.2) is 11.3 Å². The minimum Gasteiger partial charge on any atom is -0.233 e. The van der Waals surface area contributed by atoms with Crippen molar-refractivity contribution in [3.05, 3.63) is 36.4 Å². The summed E-state index contributed by atoms with van der Waals surface area (Å²) in [4.78, 5) is 16.2. The van der Waals surface area contributed by atoms with Crippen molar-refractivity contribution in [3.63, 3.8) is 0 Å². The quantitative estimate of drug-likeness (QED) is 0.620. The van der Waals surface area contributed by atoms with Gasteiger partial charge < -0.3 is 0 Å². The molecule has 0 spiro atoms. The molecule has 0 aliphatic heterocycles. The molecule has 5 heteroatoms. The van der Waals surface area contributed by atoms with Crippen molar-refractivity contribution >= 4 is 21.6 Å². The van der Waals surface area contributed by atoms with Crippen LogP contribution in [0.3, 0.4) is 0 Å². The van der Waals surface area contributed by atoms with Crippen LogP contribution in [0.1, 0.15) is 0 Å². The molecular weight excluding hydrogens is 208 g/mol. The van der Waals surface area contributed by atoms with Crippen LogP contribution in [0.4, 0.5) is 0 Å². The molecule has 4 nitrogen and oxygen atoms in total. The third-order valence-corrected chi connectivity index (χ3v) is 2.78. The van der Waals surface area contributed by atoms with E-state index in [-0.39, 0.29) is 0 Å². The Hall–Kier alpha value is -1.88. The van der Waals surface area contributed by atoms with Crippen molar-refractivity contribution in [3.8, 4) is 11.4 Å². The lowest BCUT2D eigenvalue weighted by Crippen LogP contribution is -1.89. The second-order valence-corrected chi connectivity index (χ2v) is 3.75. The smallest absolute Gasteiger partial charge is 0.164 e. The second-order valence-electron chi connectivity index (χ2n) is 2.92. The van der Waals surface area contributed by atoms with Crippen LogP contribution >= 0.6 is 11.3 Å². The summed E-state index contributed by atoms with van der Waals surface area (Å²) >= 11 is 1.49. The molecule has 0 amide bonds. The van der Waals surface area contributed by atoms with E-state index >= 15 is 0 Å². The van der Waals surface area contributed by atoms with Crippen molar-refractivity contribution in [2.45, 2.75) is 0 Å². The highest BCUT2D eigenvalue weighted by molar-refractivity contribution is 7.16. The molecule has 1 radical (unpaired) electrons. The van der Waals surface area contributed by atoms with Gasteiger partial charge in [0.05, 0.1) is 10.2 Å². The molecule has 0 aliphatic carbocycles. The van der Waals surface area contributed by atoms with E-state index in [9.17, 15) is 0 Å². The molecule has 0 saturated carbocycles. The summed E-state index contributed by atoms with van der Waals surface area (Å²) in [6.07, 6.45) is 2.97. The fourth-order valence-electron chi connectivity index (χ4n) is 1.40. The van der Waals surface area contributed by atoms with E-state index in [2.05, 4.69) is 25.4 Å². The zero-order chi connectivity index (χ0) is 10.1. The fourth-order valence-corrected chi connectivity index (χ4v) is 2.03. The molecular formula is C10H5N4S. The van der Waals surface area contributed by atoms with Gasteiger partial charge in [-0.15, -0.1) is 11.3 Å². The topological polar surface area (TPSA) is 51.6 Å². The molecule has 1 aromatic carbocycles. The number of benzene rings is 1. The van der Waals surface area contributed by atoms with Crippen molar-refractivity contribution in [1.29, 1.82) is 0 Å². The average Bonchev–Trinajstić information content (AvgIpc) is 2.78. The summed E-state index contributed by atoms with van der Waals surface area (Å²) in [5.74, 6) is 0.648. The zero-order valence-electron chi connectivity index (χ0n) is 7.58. The summed E-state index contributed by atoms with van der Waals surface area (Å²) in [5, 5.41) is 0. The van der Waals surface area contributed by atoms with Crippen molar-refractivity contribution in [1.82, 2.24) is 19.9 Å². The number of rotatable bonds is 1. The van der Waals surface area contributed by atoms with Crippen molar-refractivity contribution in [2.24, 2.45) is 0 Å². The van der Waals surface area contributed by atoms with E-state index in [0.717, 1.165) is 15.8 Å². The summed E-state index contributed by atoms with van der Waals surface area (Å²) in [6, 6.07) is 5.92. The highest BCUT2D eigenvalue weighted by Gasteiger charge is 2.07. The normalized spacial score (nSPS) is 10.7. The monoisotopic (exact) mass is 213 g/mol. The third kappa shape index (κ3) is 1.37. The van der Waals surface area contributed by atoms with Crippen LogP contribution in [-0.4, -0.2) is 19.9 Å². The van der Waals surface area contributed by atoms with Gasteiger partial charge in [-0.3, -0.25) is 0 Å². The Kier molecular flexibility index (Phi) is 1.89. The standard InChI is InChI=1S/C10H5N4S/c1-2-7(10-12-4-11-5-13-10)9-8(3-1)15-6-14-9/h1-5H. The molecule has 0 saturated heterocycles. The minimum absolute atomic E-state index is 0.648. The Morgan fingerprint density at radius 2 is 2.00 bits per heavy atom. The maximum Gasteiger partial charge on any atom is 0.164 e. The number of para-hydroxylation sites is 1. The van der Waals surface area contributed by atoms with Crippen molar-refractivity contribution < 1.29 is 0 Å². The van der Waals surface area contributed by atoms with E-state index in [1.54, 1.807) is 0 Å². The summed E-state index contributed by atoms with van der Waals surface area (Å²) in [5.41, 5.74) is 4.69. The SMILES string of the molecule is [c]1nc2c(-c3ncncn3)cccc2s1. The number of thiazole rings is 1. The van der Waals surface area contributed by atoms with Crippen LogP contribution in [0.15, 0.2) is 30.9 Å². The second kappa shape index (κ2) is 3.36. The first kappa shape index (κ1) is 8.43. The van der Waals surface area contributed by atoms with Gasteiger partial charge in [0, 0.05) is 5.56 Å². The molecule has 0 aliphatic rings. The average molecular weight is 213 g/mol. The zero-order valence-corrected chi connectivity index (χ0v) is 8.40. The van der Waals surface area contributed by atoms with Crippen LogP contribution < -0.4 is 0 Å². The number of fused-ring (bicyclic) bond motifs is 1. The molecule has 3 rings (SSSR count). The van der Waals surface area contributed by atoms with Gasteiger partial charge in [-0.05, 0) is 12.1 Å². The molecule has 2 aromatic heterocycles. The van der Waals surface area contributed by atoms with Crippen LogP contribution in [0, 0.1) is 5.51 Å². The lowest BCUT2D eigenvalue weighted by molar-refractivity contribution is 1.06. The van der Waals surface area contributed by atoms with Gasteiger partial charge in [0.1, 0.15) is 12.7 Å². The van der Waals surface area contributed by atoms with Gasteiger partial charge in [-0.2, -0.15) is 0 Å². The van der Waals surface area contributed by atoms with Gasteiger partial charge in [0.2, 0.25) is 0 Å². The Labute approximate surface area is 89.7 Å². The number of hydrogen-bond acceptors (Lipinski definition) is 5. The van der Waals surface area contributed by atoms with Crippen LogP contribution in [0.2, 0.25) is 0 Å². The van der Waals surface area contributed by atoms with E-state index in [1.165, 1.54) is 24.0 Å². The summed E-state index contributed by atoms with van der Waals surface area (Å²) in [6.45, 7) is 0. The van der Waals surface area contributed by atoms with Crippen molar-refractivity contribution in [2.75, 3.05) is 0 Å². The number of aromatic nitrogens is 4. The van der Waals surface area contributed by atoms with Gasteiger partial charge >= 0.3 is 0 Å². The van der Waals surface area contributed by atoms with Gasteiger partial charge in [-0.1, -0.05) is 6.07 Å². The van der Waals surface area contributed by atoms with Crippen LogP contribution in [0.25, 0.3) is 21.6 Å². The summed E-state index contributed by atoms with van der Waals surface area (Å²) in [7, 11) is 0. The lowest BCUT2D eigenvalue weighted by Gasteiger charge is -1.98. The lowest BCUT2D eigenvalue weighted by atomic mass is 10.2. The predicted octanol–water partition coefficient (Wildman–Crippen LogP) is 1.95. The molecule has 0 bridgehead atoms. The van der Waals surface area contributed by atoms with E-state index in [4.69, 9.17) is 0 Å². The predicted molar refractivity (Wildman–Crippen MR) is 57.3 cm³/mol. The highest BCUT2D eigenvalue weighted by Crippen LogP contribution is 2.26. The minimum atomic E-state index is 0.648. The molecule has 0 unspecified atom stereocenters. The number of hydrogen-bond donors (Lipinski definition) is 0. The van der Waals surface area contributed by atoms with E-state index < -0.39 is 0 Å². The molecule has 71 valence electrons. The Bertz CT molecular complexity index is 590. The van der Waals surface area contributed by atoms with E-state index in [0.29, 0.717) is 5.82 Å². The Morgan fingerprint density at radius 1 is 1.13 bits per heavy atom. The molecule has 0 atom stereocenters. The third-order valence-electron chi connectivity index (χ3n) is 2.05. The Balaban J connectivity index is 2.31. The molecule has 15 heavy (non-hydrogen) atoms. The molecule has 3 aromatic rings. The van der Waals surface area contributed by atoms with Crippen LogP contribution in [-0.2, 0) is 0 Å². The maximum atomic E-state index is 4.19. The largest absolute Gasteiger partial charge is 0.233 e. The number of nitrogens with zero attached hydrogens (tertiary/aromatic N) is 4. The van der Waals surface area contributed by atoms with Gasteiger partial charge in [0.25, 0.3) is 0 Å².